The van der Waals surface area contributed by atoms with Crippen molar-refractivity contribution in [3.63, 3.8) is 0 Å². The Kier molecular flexibility index (Phi) is 23.6. The summed E-state index contributed by atoms with van der Waals surface area (Å²) in [5, 5.41) is 59.1. The molecule has 0 aromatic carbocycles. The minimum Gasteiger partial charge on any atom is -1.00 e. The van der Waals surface area contributed by atoms with Crippen molar-refractivity contribution in [2.45, 2.75) is 181 Å². The molecular formula is C57H81BrCl2K2N6O8. The van der Waals surface area contributed by atoms with Crippen LogP contribution in [-0.4, -0.2) is 77.0 Å². The van der Waals surface area contributed by atoms with Gasteiger partial charge in [-0.3, -0.25) is 19.4 Å². The number of aromatic amines is 1. The van der Waals surface area contributed by atoms with Crippen LogP contribution in [0.3, 0.4) is 0 Å². The van der Waals surface area contributed by atoms with Gasteiger partial charge in [-0.15, -0.1) is 0 Å². The molecule has 9 aliphatic rings. The van der Waals surface area contributed by atoms with Gasteiger partial charge in [0.25, 0.3) is 0 Å². The van der Waals surface area contributed by atoms with Gasteiger partial charge in [-0.05, 0) is 211 Å². The van der Waals surface area contributed by atoms with Crippen molar-refractivity contribution in [1.29, 1.82) is 10.5 Å². The zero-order valence-corrected chi connectivity index (χ0v) is 55.7. The molecule has 410 valence electrons. The number of halogens is 3. The van der Waals surface area contributed by atoms with E-state index >= 15 is 0 Å². The van der Waals surface area contributed by atoms with Crippen LogP contribution in [0.4, 0.5) is 0 Å². The summed E-state index contributed by atoms with van der Waals surface area (Å²) in [4.78, 5) is 39.7. The number of nitriles is 2. The minimum atomic E-state index is -0.799. The predicted molar refractivity (Wildman–Crippen MR) is 282 cm³/mol. The molecule has 3 heterocycles. The Morgan fingerprint density at radius 3 is 1.70 bits per heavy atom. The van der Waals surface area contributed by atoms with E-state index in [9.17, 15) is 29.9 Å². The number of nitrogens with zero attached hydrogens (tertiary/aromatic N) is 5. The molecule has 19 heteroatoms. The van der Waals surface area contributed by atoms with Gasteiger partial charge in [0.1, 0.15) is 34.2 Å². The molecule has 1 unspecified atom stereocenters. The second-order valence-electron chi connectivity index (χ2n) is 25.6. The first-order valence-corrected chi connectivity index (χ1v) is 29.7. The van der Waals surface area contributed by atoms with Crippen molar-refractivity contribution in [3.8, 4) is 12.1 Å². The SMILES string of the molecule is C[C@@H]1C[C@H](C(=O)CBr)[C@@]2(C)CC[C@H]3[C@@H](CC[C@@H]4C[C@](C)(O)CC[C@@H]43)[C@H]12.C[C@@H]1C[C@H](C(=O)Cn2cc(C#N)c(Cl)n2)[C@@]2(C)CC[C@H]3[C@@H](CC[C@@H]4C[C@](C)(O)CC[C@@H]43)[C@H]12.N#Cc1cn[nH]c1Cl.O=C(O[O-])C1CCCO1.[H-].[K+].[K+]. The molecule has 0 radical (unpaired) electrons. The summed E-state index contributed by atoms with van der Waals surface area (Å²) in [6.07, 6.45) is 22.2. The van der Waals surface area contributed by atoms with E-state index in [1.807, 2.05) is 26.0 Å². The summed E-state index contributed by atoms with van der Waals surface area (Å²) in [7, 11) is 0. The van der Waals surface area contributed by atoms with Crippen LogP contribution in [0.5, 0.6) is 0 Å². The third-order valence-corrected chi connectivity index (χ3v) is 22.3. The van der Waals surface area contributed by atoms with E-state index in [-0.39, 0.29) is 144 Å². The monoisotopic (exact) mass is 1200 g/mol. The molecule has 14 nitrogen and oxygen atoms in total. The molecule has 76 heavy (non-hydrogen) atoms. The maximum Gasteiger partial charge on any atom is 1.00 e. The van der Waals surface area contributed by atoms with Crippen LogP contribution >= 0.6 is 39.1 Å². The number of H-pyrrole nitrogens is 1. The van der Waals surface area contributed by atoms with Crippen molar-refractivity contribution in [2.75, 3.05) is 11.9 Å². The Hall–Kier alpha value is 0.383. The van der Waals surface area contributed by atoms with Gasteiger partial charge >= 0.3 is 109 Å². The number of carbonyl (C=O) groups excluding carboxylic acids is 3. The molecule has 1 aliphatic heterocycles. The average molecular weight is 1210 g/mol. The number of carbonyl (C=O) groups is 3. The predicted octanol–water partition coefficient (Wildman–Crippen LogP) is 4.50. The van der Waals surface area contributed by atoms with Crippen LogP contribution < -0.4 is 108 Å². The van der Waals surface area contributed by atoms with E-state index in [4.69, 9.17) is 38.5 Å². The topological polar surface area (TPSA) is 227 Å². The van der Waals surface area contributed by atoms with E-state index in [0.717, 1.165) is 98.7 Å². The van der Waals surface area contributed by atoms with Gasteiger partial charge in [0.2, 0.25) is 0 Å². The Morgan fingerprint density at radius 2 is 1.29 bits per heavy atom. The Labute approximate surface area is 556 Å². The van der Waals surface area contributed by atoms with Crippen LogP contribution in [0.2, 0.25) is 10.3 Å². The first-order valence-electron chi connectivity index (χ1n) is 27.8. The zero-order chi connectivity index (χ0) is 53.5. The molecule has 8 saturated carbocycles. The number of ketones is 2. The third kappa shape index (κ3) is 14.0. The van der Waals surface area contributed by atoms with Gasteiger partial charge in [0.15, 0.2) is 17.0 Å². The molecule has 9 fully saturated rings. The van der Waals surface area contributed by atoms with Gasteiger partial charge in [-0.2, -0.15) is 20.7 Å². The summed E-state index contributed by atoms with van der Waals surface area (Å²) in [6.45, 7) is 14.4. The number of alkyl halides is 1. The molecule has 19 atom stereocenters. The number of nitrogens with one attached hydrogen (secondary N) is 1. The van der Waals surface area contributed by atoms with E-state index in [1.54, 1.807) is 10.9 Å². The fourth-order valence-electron chi connectivity index (χ4n) is 18.3. The van der Waals surface area contributed by atoms with Crippen LogP contribution in [0.15, 0.2) is 12.4 Å². The molecule has 11 rings (SSSR count). The van der Waals surface area contributed by atoms with E-state index in [2.05, 4.69) is 63.8 Å². The fourth-order valence-corrected chi connectivity index (χ4v) is 19.0. The number of aromatic nitrogens is 4. The molecule has 0 amide bonds. The number of aliphatic hydroxyl groups is 2. The van der Waals surface area contributed by atoms with Crippen LogP contribution in [-0.2, 0) is 30.6 Å². The van der Waals surface area contributed by atoms with E-state index in [1.165, 1.54) is 64.0 Å². The largest absolute Gasteiger partial charge is 1.00 e. The van der Waals surface area contributed by atoms with Crippen molar-refractivity contribution >= 4 is 56.7 Å². The van der Waals surface area contributed by atoms with Crippen molar-refractivity contribution in [2.24, 2.45) is 93.7 Å². The first-order chi connectivity index (χ1) is 35.1. The maximum absolute atomic E-state index is 13.5. The smallest absolute Gasteiger partial charge is 1.00 e. The quantitative estimate of drug-likeness (QED) is 0.157. The van der Waals surface area contributed by atoms with Crippen LogP contribution in [0.1, 0.15) is 170 Å². The number of Topliss-reactive ketones (excluding diaryl/α,β-unsaturated/α-hetero) is 2. The second-order valence-corrected chi connectivity index (χ2v) is 26.9. The zero-order valence-electron chi connectivity index (χ0n) is 47.4. The average Bonchev–Trinajstić information content (AvgIpc) is 4.22. The van der Waals surface area contributed by atoms with Crippen molar-refractivity contribution in [3.05, 3.63) is 33.8 Å². The molecule has 1 saturated heterocycles. The van der Waals surface area contributed by atoms with Crippen LogP contribution in [0, 0.1) is 116 Å². The van der Waals surface area contributed by atoms with Gasteiger partial charge in [-0.1, -0.05) is 66.8 Å². The number of rotatable bonds is 6. The molecule has 0 bridgehead atoms. The standard InChI is InChI=1S/C26H36ClN3O2.C22H35BrO2.C5H8O4.C4H2ClN3.2K.H/c1-15-10-21(22(31)14-30-13-17(12-28)24(27)29-30)26(3)9-7-19-18-6-8-25(2,32)11-16(18)4-5-20(19)23(15)26;1-13-10-18(19(24)12-23)22(3)9-7-16-15-6-8-21(2,25)11-14(15)4-5-17(16)20(13)22;6-5(9-7)4-2-1-3-8-4;5-4-3(1-6)2-7-8-4;;;/h13,15-16,18-21,23,32H,4-11,14H2,1-3H3;13-18,20,25H,4-12H2,1-3H3;4,7H,1-3H2;2H,(H,7,8);;;/q;;;;2*+1;-1/p-1/t15-,16-,18+,19-,20-,21-,23+,25-,26-;13-,14-,15+,16-,17-,18-,20+,21-,22-;;;;;/m11...../s1. The summed E-state index contributed by atoms with van der Waals surface area (Å²) >= 11 is 14.9. The molecule has 3 N–H and O–H groups in total. The van der Waals surface area contributed by atoms with Crippen molar-refractivity contribution in [1.82, 2.24) is 20.0 Å². The maximum atomic E-state index is 13.5. The summed E-state index contributed by atoms with van der Waals surface area (Å²) in [5.41, 5.74) is 0.0955. The van der Waals surface area contributed by atoms with Gasteiger partial charge in [-0.25, -0.2) is 4.79 Å². The summed E-state index contributed by atoms with van der Waals surface area (Å²) in [5.74, 6) is 8.99. The summed E-state index contributed by atoms with van der Waals surface area (Å²) < 4.78 is 6.38. The normalized spacial score (nSPS) is 41.3. The van der Waals surface area contributed by atoms with Gasteiger partial charge < -0.3 is 26.5 Å². The molecular weight excluding hydrogens is 1130 g/mol. The first kappa shape index (κ1) is 65.5. The number of ether oxygens (including phenoxy) is 1. The van der Waals surface area contributed by atoms with E-state index < -0.39 is 23.3 Å². The van der Waals surface area contributed by atoms with E-state index in [0.29, 0.717) is 64.1 Å². The Morgan fingerprint density at radius 1 is 0.789 bits per heavy atom. The molecule has 2 aromatic rings. The fraction of sp³-hybridized carbons (Fsp3) is 0.807. The van der Waals surface area contributed by atoms with Crippen LogP contribution in [0.25, 0.3) is 0 Å². The molecule has 8 aliphatic carbocycles. The minimum absolute atomic E-state index is 0. The third-order valence-electron chi connectivity index (χ3n) is 21.2. The van der Waals surface area contributed by atoms with Gasteiger partial charge in [0.05, 0.1) is 29.3 Å². The Bertz CT molecular complexity index is 2430. The second kappa shape index (κ2) is 27.4. The molecule has 2 aromatic heterocycles. The molecule has 0 spiro atoms. The Balaban J connectivity index is 0.000000214. The van der Waals surface area contributed by atoms with Gasteiger partial charge in [0, 0.05) is 24.6 Å². The summed E-state index contributed by atoms with van der Waals surface area (Å²) in [6, 6.07) is 3.88. The van der Waals surface area contributed by atoms with Crippen molar-refractivity contribution < 1.29 is 144 Å². The number of hydrogen-bond donors (Lipinski definition) is 3. The number of hydrogen-bond acceptors (Lipinski definition) is 12. The number of fused-ring (bicyclic) bond motifs is 10.